The Morgan fingerprint density at radius 2 is 2.29 bits per heavy atom. The second-order valence-electron chi connectivity index (χ2n) is 4.11. The summed E-state index contributed by atoms with van der Waals surface area (Å²) in [5.41, 5.74) is 6.41. The number of nitrogens with one attached hydrogen (secondary N) is 1. The fraction of sp³-hybridized carbons (Fsp3) is 0.462. The lowest BCUT2D eigenvalue weighted by molar-refractivity contribution is -0.120. The molecule has 0 aliphatic rings. The van der Waals surface area contributed by atoms with E-state index >= 15 is 0 Å². The van der Waals surface area contributed by atoms with Gasteiger partial charge in [-0.15, -0.1) is 0 Å². The molecule has 17 heavy (non-hydrogen) atoms. The molecule has 1 unspecified atom stereocenters. The van der Waals surface area contributed by atoms with Crippen LogP contribution in [-0.2, 0) is 11.2 Å². The van der Waals surface area contributed by atoms with Gasteiger partial charge in [-0.1, -0.05) is 19.1 Å². The van der Waals surface area contributed by atoms with Crippen molar-refractivity contribution in [1.82, 2.24) is 5.32 Å². The lowest BCUT2D eigenvalue weighted by atomic mass is 10.1. The van der Waals surface area contributed by atoms with Crippen molar-refractivity contribution in [1.29, 1.82) is 0 Å². The molecule has 1 atom stereocenters. The molecule has 94 valence electrons. The van der Waals surface area contributed by atoms with E-state index < -0.39 is 0 Å². The number of amides is 1. The second kappa shape index (κ2) is 7.01. The Morgan fingerprint density at radius 3 is 2.94 bits per heavy atom. The highest BCUT2D eigenvalue weighted by atomic mass is 19.1. The molecule has 3 N–H and O–H groups in total. The largest absolute Gasteiger partial charge is 0.356 e. The average molecular weight is 238 g/mol. The van der Waals surface area contributed by atoms with Gasteiger partial charge in [0.15, 0.2) is 0 Å². The Morgan fingerprint density at radius 1 is 1.53 bits per heavy atom. The summed E-state index contributed by atoms with van der Waals surface area (Å²) in [7, 11) is 0. The first kappa shape index (κ1) is 13.6. The number of hydrogen-bond donors (Lipinski definition) is 2. The van der Waals surface area contributed by atoms with Crippen molar-refractivity contribution in [3.63, 3.8) is 0 Å². The Balaban J connectivity index is 2.30. The van der Waals surface area contributed by atoms with Crippen LogP contribution in [0.2, 0.25) is 0 Å². The monoisotopic (exact) mass is 238 g/mol. The van der Waals surface area contributed by atoms with Crippen LogP contribution in [0, 0.1) is 5.82 Å². The molecule has 0 saturated heterocycles. The van der Waals surface area contributed by atoms with Gasteiger partial charge in [-0.25, -0.2) is 4.39 Å². The summed E-state index contributed by atoms with van der Waals surface area (Å²) in [6, 6.07) is 6.20. The lowest BCUT2D eigenvalue weighted by Crippen LogP contribution is -2.30. The van der Waals surface area contributed by atoms with E-state index in [1.165, 1.54) is 12.1 Å². The molecule has 1 aromatic rings. The zero-order chi connectivity index (χ0) is 12.7. The maximum absolute atomic E-state index is 12.9. The van der Waals surface area contributed by atoms with E-state index in [-0.39, 0.29) is 24.2 Å². The van der Waals surface area contributed by atoms with Gasteiger partial charge in [0.1, 0.15) is 5.82 Å². The molecule has 0 aliphatic heterocycles. The van der Waals surface area contributed by atoms with E-state index in [9.17, 15) is 9.18 Å². The van der Waals surface area contributed by atoms with Gasteiger partial charge in [0.05, 0.1) is 6.42 Å². The summed E-state index contributed by atoms with van der Waals surface area (Å²) < 4.78 is 12.9. The fourth-order valence-electron chi connectivity index (χ4n) is 1.50. The van der Waals surface area contributed by atoms with Crippen LogP contribution in [0.1, 0.15) is 25.3 Å². The normalized spacial score (nSPS) is 12.2. The Hall–Kier alpha value is -1.42. The Kier molecular flexibility index (Phi) is 5.63. The fourth-order valence-corrected chi connectivity index (χ4v) is 1.50. The van der Waals surface area contributed by atoms with Crippen molar-refractivity contribution in [2.45, 2.75) is 32.2 Å². The molecule has 1 rings (SSSR count). The SMILES string of the molecule is CCC(N)CCNC(=O)Cc1cccc(F)c1. The first-order chi connectivity index (χ1) is 8.11. The Bertz CT molecular complexity index is 368. The molecule has 0 aliphatic carbocycles. The summed E-state index contributed by atoms with van der Waals surface area (Å²) in [6.45, 7) is 2.59. The average Bonchev–Trinajstić information content (AvgIpc) is 2.28. The van der Waals surface area contributed by atoms with Crippen molar-refractivity contribution < 1.29 is 9.18 Å². The molecule has 3 nitrogen and oxygen atoms in total. The van der Waals surface area contributed by atoms with Crippen molar-refractivity contribution in [2.75, 3.05) is 6.54 Å². The van der Waals surface area contributed by atoms with E-state index in [0.29, 0.717) is 12.1 Å². The van der Waals surface area contributed by atoms with Gasteiger partial charge in [0.2, 0.25) is 5.91 Å². The number of carbonyl (C=O) groups is 1. The van der Waals surface area contributed by atoms with Gasteiger partial charge in [0, 0.05) is 12.6 Å². The molecule has 0 spiro atoms. The summed E-state index contributed by atoms with van der Waals surface area (Å²) in [4.78, 5) is 11.5. The third-order valence-electron chi connectivity index (χ3n) is 2.62. The molecule has 0 aromatic heterocycles. The summed E-state index contributed by atoms with van der Waals surface area (Å²) >= 11 is 0. The third kappa shape index (κ3) is 5.45. The van der Waals surface area contributed by atoms with Crippen LogP contribution in [0.15, 0.2) is 24.3 Å². The number of carbonyl (C=O) groups excluding carboxylic acids is 1. The minimum Gasteiger partial charge on any atom is -0.356 e. The molecule has 4 heteroatoms. The van der Waals surface area contributed by atoms with Crippen LogP contribution >= 0.6 is 0 Å². The standard InChI is InChI=1S/C13H19FN2O/c1-2-12(15)6-7-16-13(17)9-10-4-3-5-11(14)8-10/h3-5,8,12H,2,6-7,9,15H2,1H3,(H,16,17). The van der Waals surface area contributed by atoms with Crippen LogP contribution in [0.5, 0.6) is 0 Å². The van der Waals surface area contributed by atoms with Crippen LogP contribution < -0.4 is 11.1 Å². The maximum atomic E-state index is 12.9. The van der Waals surface area contributed by atoms with Gasteiger partial charge in [-0.3, -0.25) is 4.79 Å². The van der Waals surface area contributed by atoms with Crippen LogP contribution in [-0.4, -0.2) is 18.5 Å². The number of benzene rings is 1. The van der Waals surface area contributed by atoms with E-state index in [4.69, 9.17) is 5.73 Å². The van der Waals surface area contributed by atoms with E-state index in [1.54, 1.807) is 12.1 Å². The van der Waals surface area contributed by atoms with Crippen LogP contribution in [0.3, 0.4) is 0 Å². The van der Waals surface area contributed by atoms with Gasteiger partial charge in [-0.05, 0) is 30.5 Å². The first-order valence-corrected chi connectivity index (χ1v) is 5.88. The van der Waals surface area contributed by atoms with Crippen molar-refractivity contribution in [2.24, 2.45) is 5.73 Å². The van der Waals surface area contributed by atoms with Crippen molar-refractivity contribution in [3.8, 4) is 0 Å². The highest BCUT2D eigenvalue weighted by Gasteiger charge is 2.05. The van der Waals surface area contributed by atoms with E-state index in [0.717, 1.165) is 12.8 Å². The minimum absolute atomic E-state index is 0.0982. The van der Waals surface area contributed by atoms with Crippen molar-refractivity contribution in [3.05, 3.63) is 35.6 Å². The Labute approximate surface area is 101 Å². The summed E-state index contributed by atoms with van der Waals surface area (Å²) in [5, 5.41) is 2.77. The topological polar surface area (TPSA) is 55.1 Å². The predicted octanol–water partition coefficient (Wildman–Crippen LogP) is 1.61. The first-order valence-electron chi connectivity index (χ1n) is 5.88. The molecule has 1 aromatic carbocycles. The highest BCUT2D eigenvalue weighted by Crippen LogP contribution is 2.04. The van der Waals surface area contributed by atoms with Crippen molar-refractivity contribution >= 4 is 5.91 Å². The number of nitrogens with two attached hydrogens (primary N) is 1. The quantitative estimate of drug-likeness (QED) is 0.791. The molecule has 1 amide bonds. The molecule has 0 saturated carbocycles. The maximum Gasteiger partial charge on any atom is 0.224 e. The predicted molar refractivity (Wildman–Crippen MR) is 66.0 cm³/mol. The van der Waals surface area contributed by atoms with Crippen LogP contribution in [0.25, 0.3) is 0 Å². The van der Waals surface area contributed by atoms with Gasteiger partial charge in [-0.2, -0.15) is 0 Å². The number of hydrogen-bond acceptors (Lipinski definition) is 2. The number of rotatable bonds is 6. The molecule has 0 fully saturated rings. The lowest BCUT2D eigenvalue weighted by Gasteiger charge is -2.09. The second-order valence-corrected chi connectivity index (χ2v) is 4.11. The number of halogens is 1. The van der Waals surface area contributed by atoms with Gasteiger partial charge in [0.25, 0.3) is 0 Å². The van der Waals surface area contributed by atoms with Crippen LogP contribution in [0.4, 0.5) is 4.39 Å². The molecule has 0 heterocycles. The highest BCUT2D eigenvalue weighted by molar-refractivity contribution is 5.78. The van der Waals surface area contributed by atoms with Gasteiger partial charge >= 0.3 is 0 Å². The molecular formula is C13H19FN2O. The zero-order valence-electron chi connectivity index (χ0n) is 10.1. The zero-order valence-corrected chi connectivity index (χ0v) is 10.1. The van der Waals surface area contributed by atoms with E-state index in [1.807, 2.05) is 6.92 Å². The van der Waals surface area contributed by atoms with Gasteiger partial charge < -0.3 is 11.1 Å². The third-order valence-corrected chi connectivity index (χ3v) is 2.62. The molecule has 0 radical (unpaired) electrons. The smallest absolute Gasteiger partial charge is 0.224 e. The van der Waals surface area contributed by atoms with E-state index in [2.05, 4.69) is 5.32 Å². The molecular weight excluding hydrogens is 219 g/mol. The molecule has 0 bridgehead atoms. The summed E-state index contributed by atoms with van der Waals surface area (Å²) in [6.07, 6.45) is 1.88. The summed E-state index contributed by atoms with van der Waals surface area (Å²) in [5.74, 6) is -0.415. The minimum atomic E-state index is -0.316.